The van der Waals surface area contributed by atoms with Crippen LogP contribution < -0.4 is 0 Å². The quantitative estimate of drug-likeness (QED) is 0.628. The van der Waals surface area contributed by atoms with Crippen LogP contribution in [0.2, 0.25) is 0 Å². The standard InChI is InChI=1S/C23H25FN2/c1-17-9-10-21(18(2)14-17)23-22-8-4-11-25(22)12-5-13-26(23)16-19-6-3-7-20(24)15-19/h3-4,6-11,14-15,23H,5,12-13,16H2,1-2H3. The Kier molecular flexibility index (Phi) is 4.64. The van der Waals surface area contributed by atoms with Crippen molar-refractivity contribution < 1.29 is 4.39 Å². The van der Waals surface area contributed by atoms with E-state index in [1.54, 1.807) is 12.1 Å². The van der Waals surface area contributed by atoms with Crippen LogP contribution in [-0.4, -0.2) is 16.0 Å². The second kappa shape index (κ2) is 7.08. The Hall–Kier alpha value is -2.39. The number of nitrogens with zero attached hydrogens (tertiary/aromatic N) is 2. The topological polar surface area (TPSA) is 8.17 Å². The van der Waals surface area contributed by atoms with Crippen LogP contribution in [0.4, 0.5) is 4.39 Å². The van der Waals surface area contributed by atoms with E-state index in [9.17, 15) is 4.39 Å². The molecule has 0 radical (unpaired) electrons. The van der Waals surface area contributed by atoms with Crippen LogP contribution in [0.25, 0.3) is 0 Å². The minimum Gasteiger partial charge on any atom is -0.350 e. The first-order valence-corrected chi connectivity index (χ1v) is 9.32. The molecule has 0 spiro atoms. The monoisotopic (exact) mass is 348 g/mol. The number of rotatable bonds is 3. The zero-order valence-corrected chi connectivity index (χ0v) is 15.5. The third-order valence-corrected chi connectivity index (χ3v) is 5.35. The molecule has 134 valence electrons. The molecule has 0 saturated heterocycles. The first-order valence-electron chi connectivity index (χ1n) is 9.32. The summed E-state index contributed by atoms with van der Waals surface area (Å²) in [6, 6.07) is 18.3. The van der Waals surface area contributed by atoms with E-state index < -0.39 is 0 Å². The van der Waals surface area contributed by atoms with Crippen molar-refractivity contribution in [2.45, 2.75) is 39.4 Å². The average Bonchev–Trinajstić information content (AvgIpc) is 2.98. The van der Waals surface area contributed by atoms with Crippen LogP contribution in [0.15, 0.2) is 60.8 Å². The van der Waals surface area contributed by atoms with Gasteiger partial charge in [0.25, 0.3) is 0 Å². The summed E-state index contributed by atoms with van der Waals surface area (Å²) in [6.07, 6.45) is 3.27. The summed E-state index contributed by atoms with van der Waals surface area (Å²) in [7, 11) is 0. The predicted octanol–water partition coefficient (Wildman–Crippen LogP) is 5.24. The highest BCUT2D eigenvalue weighted by Crippen LogP contribution is 2.35. The van der Waals surface area contributed by atoms with Crippen LogP contribution in [0.1, 0.15) is 40.4 Å². The van der Waals surface area contributed by atoms with Gasteiger partial charge in [0, 0.05) is 31.5 Å². The maximum atomic E-state index is 13.7. The van der Waals surface area contributed by atoms with Crippen molar-refractivity contribution in [1.82, 2.24) is 9.47 Å². The maximum absolute atomic E-state index is 13.7. The lowest BCUT2D eigenvalue weighted by atomic mass is 9.95. The first kappa shape index (κ1) is 17.0. The Morgan fingerprint density at radius 1 is 1.00 bits per heavy atom. The Labute approximate surface area is 154 Å². The van der Waals surface area contributed by atoms with Gasteiger partial charge in [-0.2, -0.15) is 0 Å². The lowest BCUT2D eigenvalue weighted by molar-refractivity contribution is 0.219. The number of benzene rings is 2. The van der Waals surface area contributed by atoms with E-state index in [0.29, 0.717) is 0 Å². The van der Waals surface area contributed by atoms with Crippen molar-refractivity contribution in [2.24, 2.45) is 0 Å². The molecule has 1 unspecified atom stereocenters. The van der Waals surface area contributed by atoms with Crippen LogP contribution in [-0.2, 0) is 13.1 Å². The first-order chi connectivity index (χ1) is 12.6. The van der Waals surface area contributed by atoms with Gasteiger partial charge in [-0.3, -0.25) is 4.90 Å². The van der Waals surface area contributed by atoms with E-state index >= 15 is 0 Å². The Bertz CT molecular complexity index is 912. The summed E-state index contributed by atoms with van der Waals surface area (Å²) in [4.78, 5) is 2.49. The van der Waals surface area contributed by atoms with Gasteiger partial charge in [0.2, 0.25) is 0 Å². The second-order valence-corrected chi connectivity index (χ2v) is 7.34. The van der Waals surface area contributed by atoms with Crippen molar-refractivity contribution in [3.05, 3.63) is 94.6 Å². The summed E-state index contributed by atoms with van der Waals surface area (Å²) < 4.78 is 16.1. The molecule has 2 nitrogen and oxygen atoms in total. The van der Waals surface area contributed by atoms with Crippen LogP contribution in [0.3, 0.4) is 0 Å². The lowest BCUT2D eigenvalue weighted by Gasteiger charge is -2.32. The van der Waals surface area contributed by atoms with E-state index in [1.807, 2.05) is 6.07 Å². The fourth-order valence-corrected chi connectivity index (χ4v) is 4.17. The van der Waals surface area contributed by atoms with Crippen molar-refractivity contribution >= 4 is 0 Å². The maximum Gasteiger partial charge on any atom is 0.123 e. The minimum atomic E-state index is -0.163. The molecule has 1 atom stereocenters. The molecule has 0 fully saturated rings. The fraction of sp³-hybridized carbons (Fsp3) is 0.304. The zero-order valence-electron chi connectivity index (χ0n) is 15.5. The lowest BCUT2D eigenvalue weighted by Crippen LogP contribution is -2.30. The number of aryl methyl sites for hydroxylation is 3. The van der Waals surface area contributed by atoms with E-state index in [0.717, 1.165) is 31.6 Å². The molecule has 1 aliphatic heterocycles. The Morgan fingerprint density at radius 3 is 2.69 bits per heavy atom. The molecular weight excluding hydrogens is 323 g/mol. The summed E-state index contributed by atoms with van der Waals surface area (Å²) in [6.45, 7) is 7.11. The molecule has 4 rings (SSSR count). The molecule has 26 heavy (non-hydrogen) atoms. The molecule has 1 aliphatic rings. The van der Waals surface area contributed by atoms with Gasteiger partial charge in [-0.15, -0.1) is 0 Å². The second-order valence-electron chi connectivity index (χ2n) is 7.34. The highest BCUT2D eigenvalue weighted by molar-refractivity contribution is 5.38. The molecular formula is C23H25FN2. The molecule has 0 amide bonds. The Morgan fingerprint density at radius 2 is 1.88 bits per heavy atom. The SMILES string of the molecule is Cc1ccc(C2c3cccn3CCCN2Cc2cccc(F)c2)c(C)c1. The molecule has 3 heteroatoms. The van der Waals surface area contributed by atoms with E-state index in [2.05, 4.69) is 59.8 Å². The Balaban J connectivity index is 1.78. The highest BCUT2D eigenvalue weighted by atomic mass is 19.1. The van der Waals surface area contributed by atoms with E-state index in [-0.39, 0.29) is 11.9 Å². The molecule has 0 N–H and O–H groups in total. The summed E-state index contributed by atoms with van der Waals surface area (Å²) in [5.41, 5.74) is 6.29. The van der Waals surface area contributed by atoms with Gasteiger partial charge in [-0.25, -0.2) is 4.39 Å². The molecule has 0 bridgehead atoms. The summed E-state index contributed by atoms with van der Waals surface area (Å²) in [5, 5.41) is 0. The highest BCUT2D eigenvalue weighted by Gasteiger charge is 2.28. The van der Waals surface area contributed by atoms with Crippen molar-refractivity contribution in [1.29, 1.82) is 0 Å². The number of halogens is 1. The van der Waals surface area contributed by atoms with Gasteiger partial charge in [-0.05, 0) is 61.2 Å². The van der Waals surface area contributed by atoms with Gasteiger partial charge in [0.05, 0.1) is 6.04 Å². The van der Waals surface area contributed by atoms with Gasteiger partial charge in [0.15, 0.2) is 0 Å². The molecule has 2 aromatic carbocycles. The van der Waals surface area contributed by atoms with Crippen molar-refractivity contribution in [2.75, 3.05) is 6.54 Å². The summed E-state index contributed by atoms with van der Waals surface area (Å²) in [5.74, 6) is -0.163. The van der Waals surface area contributed by atoms with Crippen molar-refractivity contribution in [3.8, 4) is 0 Å². The zero-order chi connectivity index (χ0) is 18.1. The largest absolute Gasteiger partial charge is 0.350 e. The predicted molar refractivity (Wildman–Crippen MR) is 104 cm³/mol. The normalized spacial score (nSPS) is 17.7. The molecule has 3 aromatic rings. The number of hydrogen-bond acceptors (Lipinski definition) is 1. The molecule has 0 aliphatic carbocycles. The fourth-order valence-electron chi connectivity index (χ4n) is 4.17. The van der Waals surface area contributed by atoms with E-state index in [4.69, 9.17) is 0 Å². The third-order valence-electron chi connectivity index (χ3n) is 5.35. The van der Waals surface area contributed by atoms with Crippen molar-refractivity contribution in [3.63, 3.8) is 0 Å². The minimum absolute atomic E-state index is 0.163. The van der Waals surface area contributed by atoms with Gasteiger partial charge < -0.3 is 4.57 Å². The van der Waals surface area contributed by atoms with Gasteiger partial charge in [-0.1, -0.05) is 35.9 Å². The van der Waals surface area contributed by atoms with Gasteiger partial charge in [0.1, 0.15) is 5.82 Å². The third kappa shape index (κ3) is 3.32. The van der Waals surface area contributed by atoms with Gasteiger partial charge >= 0.3 is 0 Å². The average molecular weight is 348 g/mol. The van der Waals surface area contributed by atoms with Crippen LogP contribution in [0, 0.1) is 19.7 Å². The smallest absolute Gasteiger partial charge is 0.123 e. The molecule has 0 saturated carbocycles. The number of fused-ring (bicyclic) bond motifs is 1. The molecule has 2 heterocycles. The van der Waals surface area contributed by atoms with Crippen LogP contribution >= 0.6 is 0 Å². The van der Waals surface area contributed by atoms with E-state index in [1.165, 1.54) is 28.5 Å². The van der Waals surface area contributed by atoms with Crippen LogP contribution in [0.5, 0.6) is 0 Å². The molecule has 1 aromatic heterocycles. The number of hydrogen-bond donors (Lipinski definition) is 0. The summed E-state index contributed by atoms with van der Waals surface area (Å²) >= 11 is 0. The number of aromatic nitrogens is 1.